The van der Waals surface area contributed by atoms with Gasteiger partial charge >= 0.3 is 6.03 Å². The van der Waals surface area contributed by atoms with Gasteiger partial charge in [-0.25, -0.2) is 4.79 Å². The van der Waals surface area contributed by atoms with E-state index in [-0.39, 0.29) is 6.03 Å². The second-order valence-corrected chi connectivity index (χ2v) is 7.05. The highest BCUT2D eigenvalue weighted by Gasteiger charge is 2.20. The van der Waals surface area contributed by atoms with Crippen molar-refractivity contribution in [1.29, 1.82) is 0 Å². The minimum atomic E-state index is -0.266. The second-order valence-electron chi connectivity index (χ2n) is 7.05. The fourth-order valence-electron chi connectivity index (χ4n) is 3.79. The van der Waals surface area contributed by atoms with Gasteiger partial charge < -0.3 is 15.4 Å². The molecule has 0 saturated carbocycles. The number of amides is 2. The molecule has 1 aliphatic heterocycles. The van der Waals surface area contributed by atoms with Gasteiger partial charge in [0.2, 0.25) is 0 Å². The van der Waals surface area contributed by atoms with Crippen LogP contribution in [0.25, 0.3) is 0 Å². The zero-order valence-corrected chi connectivity index (χ0v) is 15.1. The van der Waals surface area contributed by atoms with E-state index in [9.17, 15) is 4.79 Å². The van der Waals surface area contributed by atoms with Crippen molar-refractivity contribution in [3.05, 3.63) is 35.4 Å². The standard InChI is InChI=1S/C19H25N5O2/c1-13-18(12-21-24(13)16-6-8-26-9-7-16)23-19(25)22-15-10-14-4-2-3-5-17(14)20-11-15/h10-12,16H,2-9H2,1H3,(H2,22,23,25). The van der Waals surface area contributed by atoms with Crippen molar-refractivity contribution in [2.45, 2.75) is 51.5 Å². The summed E-state index contributed by atoms with van der Waals surface area (Å²) in [5, 5.41) is 10.3. The van der Waals surface area contributed by atoms with Crippen LogP contribution in [0.4, 0.5) is 16.2 Å². The van der Waals surface area contributed by atoms with Gasteiger partial charge in [-0.15, -0.1) is 0 Å². The van der Waals surface area contributed by atoms with Crippen molar-refractivity contribution in [2.24, 2.45) is 0 Å². The maximum Gasteiger partial charge on any atom is 0.323 e. The molecule has 1 aliphatic carbocycles. The Morgan fingerprint density at radius 1 is 1.19 bits per heavy atom. The molecule has 0 atom stereocenters. The highest BCUT2D eigenvalue weighted by Crippen LogP contribution is 2.26. The molecule has 0 bridgehead atoms. The Hall–Kier alpha value is -2.41. The highest BCUT2D eigenvalue weighted by molar-refractivity contribution is 5.99. The summed E-state index contributed by atoms with van der Waals surface area (Å²) in [6.45, 7) is 3.51. The van der Waals surface area contributed by atoms with E-state index in [1.165, 1.54) is 18.4 Å². The zero-order valence-electron chi connectivity index (χ0n) is 15.1. The van der Waals surface area contributed by atoms with Crippen LogP contribution in [0.15, 0.2) is 18.5 Å². The Balaban J connectivity index is 1.41. The number of hydrogen-bond donors (Lipinski definition) is 2. The highest BCUT2D eigenvalue weighted by atomic mass is 16.5. The molecule has 2 aliphatic rings. The lowest BCUT2D eigenvalue weighted by Gasteiger charge is -2.23. The minimum absolute atomic E-state index is 0.266. The molecule has 4 rings (SSSR count). The number of ether oxygens (including phenoxy) is 1. The van der Waals surface area contributed by atoms with Gasteiger partial charge in [-0.05, 0) is 57.1 Å². The fourth-order valence-corrected chi connectivity index (χ4v) is 3.79. The first kappa shape index (κ1) is 17.0. The van der Waals surface area contributed by atoms with Crippen molar-refractivity contribution >= 4 is 17.4 Å². The molecular formula is C19H25N5O2. The average molecular weight is 355 g/mol. The van der Waals surface area contributed by atoms with Crippen LogP contribution < -0.4 is 10.6 Å². The summed E-state index contributed by atoms with van der Waals surface area (Å²) in [4.78, 5) is 16.9. The monoisotopic (exact) mass is 355 g/mol. The van der Waals surface area contributed by atoms with Crippen LogP contribution in [0.3, 0.4) is 0 Å². The van der Waals surface area contributed by atoms with Crippen LogP contribution in [0.2, 0.25) is 0 Å². The minimum Gasteiger partial charge on any atom is -0.381 e. The smallest absolute Gasteiger partial charge is 0.323 e. The molecule has 1 saturated heterocycles. The number of rotatable bonds is 3. The number of carbonyl (C=O) groups is 1. The predicted octanol–water partition coefficient (Wildman–Crippen LogP) is 3.46. The summed E-state index contributed by atoms with van der Waals surface area (Å²) in [5.41, 5.74) is 4.85. The Morgan fingerprint density at radius 2 is 2.00 bits per heavy atom. The molecule has 7 nitrogen and oxygen atoms in total. The van der Waals surface area contributed by atoms with E-state index >= 15 is 0 Å². The van der Waals surface area contributed by atoms with Crippen molar-refractivity contribution < 1.29 is 9.53 Å². The fraction of sp³-hybridized carbons (Fsp3) is 0.526. The summed E-state index contributed by atoms with van der Waals surface area (Å²) in [7, 11) is 0. The van der Waals surface area contributed by atoms with Gasteiger partial charge in [0.1, 0.15) is 0 Å². The van der Waals surface area contributed by atoms with Crippen molar-refractivity contribution in [3.63, 3.8) is 0 Å². The lowest BCUT2D eigenvalue weighted by Crippen LogP contribution is -2.22. The Labute approximate surface area is 153 Å². The lowest BCUT2D eigenvalue weighted by atomic mass is 9.96. The topological polar surface area (TPSA) is 81.1 Å². The zero-order chi connectivity index (χ0) is 17.9. The molecular weight excluding hydrogens is 330 g/mol. The maximum absolute atomic E-state index is 12.4. The van der Waals surface area contributed by atoms with Gasteiger partial charge in [-0.1, -0.05) is 0 Å². The molecule has 0 spiro atoms. The Kier molecular flexibility index (Phi) is 4.88. The second kappa shape index (κ2) is 7.45. The van der Waals surface area contributed by atoms with Gasteiger partial charge in [0.05, 0.1) is 35.5 Å². The maximum atomic E-state index is 12.4. The average Bonchev–Trinajstić information content (AvgIpc) is 3.02. The third-order valence-corrected chi connectivity index (χ3v) is 5.26. The SMILES string of the molecule is Cc1c(NC(=O)Nc2cnc3c(c2)CCCC3)cnn1C1CCOCC1. The van der Waals surface area contributed by atoms with Gasteiger partial charge in [-0.2, -0.15) is 5.10 Å². The van der Waals surface area contributed by atoms with E-state index in [0.29, 0.717) is 6.04 Å². The molecule has 138 valence electrons. The molecule has 2 N–H and O–H groups in total. The van der Waals surface area contributed by atoms with Gasteiger partial charge in [0.15, 0.2) is 0 Å². The summed E-state index contributed by atoms with van der Waals surface area (Å²) in [6.07, 6.45) is 9.82. The molecule has 1 fully saturated rings. The third kappa shape index (κ3) is 3.58. The number of aromatic nitrogens is 3. The van der Waals surface area contributed by atoms with Crippen LogP contribution in [0.5, 0.6) is 0 Å². The largest absolute Gasteiger partial charge is 0.381 e. The number of anilines is 2. The molecule has 2 amide bonds. The number of fused-ring (bicyclic) bond motifs is 1. The molecule has 2 aromatic rings. The molecule has 0 radical (unpaired) electrons. The summed E-state index contributed by atoms with van der Waals surface area (Å²) < 4.78 is 7.41. The summed E-state index contributed by atoms with van der Waals surface area (Å²) in [5.74, 6) is 0. The van der Waals surface area contributed by atoms with Crippen LogP contribution in [0, 0.1) is 6.92 Å². The number of aryl methyl sites for hydroxylation is 2. The van der Waals surface area contributed by atoms with E-state index in [1.807, 2.05) is 17.7 Å². The van der Waals surface area contributed by atoms with Crippen LogP contribution in [-0.2, 0) is 17.6 Å². The van der Waals surface area contributed by atoms with Crippen LogP contribution in [0.1, 0.15) is 48.7 Å². The van der Waals surface area contributed by atoms with E-state index in [1.54, 1.807) is 12.4 Å². The number of pyridine rings is 1. The van der Waals surface area contributed by atoms with Crippen molar-refractivity contribution in [3.8, 4) is 0 Å². The van der Waals surface area contributed by atoms with E-state index < -0.39 is 0 Å². The Bertz CT molecular complexity index is 795. The van der Waals surface area contributed by atoms with Gasteiger partial charge in [0, 0.05) is 18.9 Å². The lowest BCUT2D eigenvalue weighted by molar-refractivity contribution is 0.0657. The first-order chi connectivity index (χ1) is 12.7. The molecule has 7 heteroatoms. The number of carbonyl (C=O) groups excluding carboxylic acids is 1. The number of nitrogens with one attached hydrogen (secondary N) is 2. The van der Waals surface area contributed by atoms with Gasteiger partial charge in [0.25, 0.3) is 0 Å². The van der Waals surface area contributed by atoms with E-state index in [2.05, 4.69) is 20.7 Å². The first-order valence-electron chi connectivity index (χ1n) is 9.38. The summed E-state index contributed by atoms with van der Waals surface area (Å²) in [6, 6.07) is 2.11. The number of urea groups is 1. The predicted molar refractivity (Wildman–Crippen MR) is 99.6 cm³/mol. The molecule has 0 aromatic carbocycles. The van der Waals surface area contributed by atoms with Crippen LogP contribution in [-0.4, -0.2) is 34.0 Å². The molecule has 2 aromatic heterocycles. The number of hydrogen-bond acceptors (Lipinski definition) is 4. The Morgan fingerprint density at radius 3 is 2.85 bits per heavy atom. The third-order valence-electron chi connectivity index (χ3n) is 5.26. The normalized spacial score (nSPS) is 17.6. The van der Waals surface area contributed by atoms with Crippen molar-refractivity contribution in [2.75, 3.05) is 23.8 Å². The molecule has 26 heavy (non-hydrogen) atoms. The van der Waals surface area contributed by atoms with Gasteiger partial charge in [-0.3, -0.25) is 9.67 Å². The van der Waals surface area contributed by atoms with E-state index in [0.717, 1.165) is 61.7 Å². The van der Waals surface area contributed by atoms with E-state index in [4.69, 9.17) is 4.74 Å². The molecule has 0 unspecified atom stereocenters. The van der Waals surface area contributed by atoms with Crippen molar-refractivity contribution in [1.82, 2.24) is 14.8 Å². The first-order valence-corrected chi connectivity index (χ1v) is 9.38. The quantitative estimate of drug-likeness (QED) is 0.883. The van der Waals surface area contributed by atoms with Crippen LogP contribution >= 0.6 is 0 Å². The molecule has 3 heterocycles. The number of nitrogens with zero attached hydrogens (tertiary/aromatic N) is 3. The summed E-state index contributed by atoms with van der Waals surface area (Å²) >= 11 is 0.